The van der Waals surface area contributed by atoms with Crippen LogP contribution in [-0.2, 0) is 22.4 Å². The summed E-state index contributed by atoms with van der Waals surface area (Å²) in [6.45, 7) is 8.09. The molecular weight excluding hydrogens is 561 g/mol. The average Bonchev–Trinajstić information content (AvgIpc) is 3.37. The molecule has 0 saturated carbocycles. The van der Waals surface area contributed by atoms with Crippen molar-refractivity contribution in [3.63, 3.8) is 0 Å². The zero-order valence-electron chi connectivity index (χ0n) is 22.6. The molecule has 0 radical (unpaired) electrons. The number of aromatic nitrogens is 2. The number of likely N-dealkylation sites (tertiary alicyclic amines) is 1. The van der Waals surface area contributed by atoms with E-state index in [9.17, 15) is 23.2 Å². The molecule has 218 valence electrons. The lowest BCUT2D eigenvalue weighted by molar-refractivity contribution is -0.192. The van der Waals surface area contributed by atoms with Crippen molar-refractivity contribution in [2.75, 3.05) is 19.6 Å². The first-order valence-electron chi connectivity index (χ1n) is 12.7. The van der Waals surface area contributed by atoms with Crippen molar-refractivity contribution in [2.45, 2.75) is 45.9 Å². The topological polar surface area (TPSA) is 137 Å². The number of benzene rings is 2. The molecule has 0 spiro atoms. The number of ether oxygens (including phenoxy) is 1. The maximum atomic E-state index is 11.0. The van der Waals surface area contributed by atoms with Gasteiger partial charge in [0.05, 0.1) is 17.6 Å². The SMILES string of the molecule is CCc1c(CCN2CC(C(=O)O)C2)cccc1-c1nsc(-c2ccc(OC(C)C)c(C#N)c2)n1.O=C(O)C(F)(F)F. The highest BCUT2D eigenvalue weighted by Gasteiger charge is 2.38. The number of alkyl halides is 3. The lowest BCUT2D eigenvalue weighted by Crippen LogP contribution is -2.50. The maximum absolute atomic E-state index is 11.0. The number of rotatable bonds is 9. The first-order valence-corrected chi connectivity index (χ1v) is 13.5. The number of carboxylic acids is 2. The number of aliphatic carboxylic acids is 2. The van der Waals surface area contributed by atoms with Gasteiger partial charge in [-0.2, -0.15) is 22.8 Å². The minimum Gasteiger partial charge on any atom is -0.490 e. The van der Waals surface area contributed by atoms with Gasteiger partial charge in [0, 0.05) is 30.8 Å². The van der Waals surface area contributed by atoms with E-state index < -0.39 is 18.1 Å². The molecule has 9 nitrogen and oxygen atoms in total. The molecule has 2 N–H and O–H groups in total. The van der Waals surface area contributed by atoms with Crippen molar-refractivity contribution in [3.05, 3.63) is 53.1 Å². The Hall–Kier alpha value is -4.02. The standard InChI is InChI=1S/C26H28N4O3S.C2HF3O2/c1-4-21-17(10-11-30-14-20(15-30)26(31)32)6-5-7-22(21)24-28-25(34-29-24)18-8-9-23(33-16(2)3)19(12-18)13-27;3-2(4,5)1(6)7/h5-9,12,16,20H,4,10-11,14-15H2,1-3H3,(H,31,32);(H,6,7). The van der Waals surface area contributed by atoms with Crippen molar-refractivity contribution in [1.82, 2.24) is 14.3 Å². The quantitative estimate of drug-likeness (QED) is 0.341. The molecule has 3 aromatic rings. The largest absolute Gasteiger partial charge is 0.490 e. The molecule has 0 bridgehead atoms. The van der Waals surface area contributed by atoms with Crippen LogP contribution in [0.4, 0.5) is 13.2 Å². The fraction of sp³-hybridized carbons (Fsp3) is 0.393. The Kier molecular flexibility index (Phi) is 10.4. The van der Waals surface area contributed by atoms with E-state index in [0.29, 0.717) is 30.2 Å². The number of carboxylic acid groups (broad SMARTS) is 2. The van der Waals surface area contributed by atoms with Crippen LogP contribution in [0.15, 0.2) is 36.4 Å². The molecular formula is C28H29F3N4O5S. The van der Waals surface area contributed by atoms with Crippen LogP contribution >= 0.6 is 11.5 Å². The third kappa shape index (κ3) is 8.25. The van der Waals surface area contributed by atoms with E-state index in [4.69, 9.17) is 24.7 Å². The summed E-state index contributed by atoms with van der Waals surface area (Å²) in [6.07, 6.45) is -3.37. The Morgan fingerprint density at radius 1 is 1.22 bits per heavy atom. The predicted octanol–water partition coefficient (Wildman–Crippen LogP) is 5.29. The van der Waals surface area contributed by atoms with Gasteiger partial charge in [-0.25, -0.2) is 9.78 Å². The fourth-order valence-corrected chi connectivity index (χ4v) is 4.91. The number of nitriles is 1. The lowest BCUT2D eigenvalue weighted by atomic mass is 9.94. The lowest BCUT2D eigenvalue weighted by Gasteiger charge is -2.36. The van der Waals surface area contributed by atoms with Crippen molar-refractivity contribution in [1.29, 1.82) is 5.26 Å². The molecule has 2 aromatic carbocycles. The fourth-order valence-electron chi connectivity index (χ4n) is 4.24. The summed E-state index contributed by atoms with van der Waals surface area (Å²) in [5, 5.41) is 26.5. The van der Waals surface area contributed by atoms with Gasteiger partial charge in [-0.15, -0.1) is 0 Å². The minimum absolute atomic E-state index is 0.00878. The first kappa shape index (κ1) is 31.5. The number of halogens is 3. The summed E-state index contributed by atoms with van der Waals surface area (Å²) in [4.78, 5) is 26.9. The minimum atomic E-state index is -5.08. The smallest absolute Gasteiger partial charge is 0.490 e. The van der Waals surface area contributed by atoms with Gasteiger partial charge in [-0.3, -0.25) is 4.79 Å². The summed E-state index contributed by atoms with van der Waals surface area (Å²) >= 11 is 1.32. The van der Waals surface area contributed by atoms with Crippen LogP contribution in [0.2, 0.25) is 0 Å². The van der Waals surface area contributed by atoms with Gasteiger partial charge in [0.2, 0.25) is 0 Å². The Morgan fingerprint density at radius 3 is 2.46 bits per heavy atom. The van der Waals surface area contributed by atoms with Crippen molar-refractivity contribution < 1.29 is 37.7 Å². The van der Waals surface area contributed by atoms with Crippen LogP contribution in [0.25, 0.3) is 22.0 Å². The van der Waals surface area contributed by atoms with Crippen LogP contribution in [0.5, 0.6) is 5.75 Å². The number of carbonyl (C=O) groups is 2. The van der Waals surface area contributed by atoms with Gasteiger partial charge in [0.1, 0.15) is 16.8 Å². The molecule has 1 saturated heterocycles. The van der Waals surface area contributed by atoms with Crippen LogP contribution in [0.1, 0.15) is 37.5 Å². The highest BCUT2D eigenvalue weighted by atomic mass is 32.1. The highest BCUT2D eigenvalue weighted by molar-refractivity contribution is 7.09. The maximum Gasteiger partial charge on any atom is 0.490 e. The Labute approximate surface area is 239 Å². The molecule has 1 aromatic heterocycles. The average molecular weight is 591 g/mol. The van der Waals surface area contributed by atoms with Gasteiger partial charge in [-0.1, -0.05) is 25.1 Å². The van der Waals surface area contributed by atoms with Crippen LogP contribution in [0.3, 0.4) is 0 Å². The molecule has 0 amide bonds. The molecule has 0 atom stereocenters. The second-order valence-electron chi connectivity index (χ2n) is 9.56. The molecule has 1 aliphatic heterocycles. The Balaban J connectivity index is 0.000000587. The number of nitrogens with zero attached hydrogens (tertiary/aromatic N) is 4. The van der Waals surface area contributed by atoms with Gasteiger partial charge in [-0.05, 0) is 67.5 Å². The number of hydrogen-bond donors (Lipinski definition) is 2. The van der Waals surface area contributed by atoms with Gasteiger partial charge in [0.25, 0.3) is 0 Å². The van der Waals surface area contributed by atoms with Crippen molar-refractivity contribution >= 4 is 23.5 Å². The van der Waals surface area contributed by atoms with Crippen LogP contribution < -0.4 is 4.74 Å². The highest BCUT2D eigenvalue weighted by Crippen LogP contribution is 2.32. The molecule has 4 rings (SSSR count). The van der Waals surface area contributed by atoms with Crippen LogP contribution in [0, 0.1) is 17.2 Å². The van der Waals surface area contributed by atoms with E-state index in [1.165, 1.54) is 22.7 Å². The van der Waals surface area contributed by atoms with E-state index in [0.717, 1.165) is 35.5 Å². The zero-order valence-corrected chi connectivity index (χ0v) is 23.4. The van der Waals surface area contributed by atoms with E-state index in [2.05, 4.69) is 34.4 Å². The van der Waals surface area contributed by atoms with Gasteiger partial charge >= 0.3 is 18.1 Å². The second kappa shape index (κ2) is 13.6. The van der Waals surface area contributed by atoms with Gasteiger partial charge < -0.3 is 19.8 Å². The second-order valence-corrected chi connectivity index (χ2v) is 10.3. The van der Waals surface area contributed by atoms with Gasteiger partial charge in [0.15, 0.2) is 5.82 Å². The number of hydrogen-bond acceptors (Lipinski definition) is 8. The normalized spacial score (nSPS) is 13.6. The summed E-state index contributed by atoms with van der Waals surface area (Å²) in [5.74, 6) is -2.44. The summed E-state index contributed by atoms with van der Waals surface area (Å²) in [6, 6.07) is 14.0. The molecule has 13 heteroatoms. The van der Waals surface area contributed by atoms with E-state index in [1.807, 2.05) is 32.0 Å². The molecule has 1 fully saturated rings. The molecule has 41 heavy (non-hydrogen) atoms. The molecule has 1 aliphatic rings. The Morgan fingerprint density at radius 2 is 1.90 bits per heavy atom. The third-order valence-corrected chi connectivity index (χ3v) is 7.01. The van der Waals surface area contributed by atoms with Crippen molar-refractivity contribution in [2.24, 2.45) is 5.92 Å². The molecule has 0 unspecified atom stereocenters. The molecule has 2 heterocycles. The van der Waals surface area contributed by atoms with E-state index in [-0.39, 0.29) is 12.0 Å². The van der Waals surface area contributed by atoms with Crippen LogP contribution in [-0.4, -0.2) is 68.3 Å². The first-order chi connectivity index (χ1) is 19.3. The summed E-state index contributed by atoms with van der Waals surface area (Å²) in [7, 11) is 0. The van der Waals surface area contributed by atoms with E-state index >= 15 is 0 Å². The zero-order chi connectivity index (χ0) is 30.3. The summed E-state index contributed by atoms with van der Waals surface area (Å²) < 4.78 is 42.1. The predicted molar refractivity (Wildman–Crippen MR) is 146 cm³/mol. The Bertz CT molecular complexity index is 1430. The van der Waals surface area contributed by atoms with Crippen molar-refractivity contribution in [3.8, 4) is 33.8 Å². The monoisotopic (exact) mass is 590 g/mol. The third-order valence-electron chi connectivity index (χ3n) is 6.25. The van der Waals surface area contributed by atoms with E-state index in [1.54, 1.807) is 6.07 Å². The molecule has 0 aliphatic carbocycles. The summed E-state index contributed by atoms with van der Waals surface area (Å²) in [5.41, 5.74) is 4.82.